The average molecular weight is 358 g/mol. The highest BCUT2D eigenvalue weighted by molar-refractivity contribution is 6.38. The number of benzene rings is 2. The van der Waals surface area contributed by atoms with Gasteiger partial charge in [0.2, 0.25) is 0 Å². The highest BCUT2D eigenvalue weighted by Gasteiger charge is 2.30. The van der Waals surface area contributed by atoms with Crippen LogP contribution in [-0.4, -0.2) is 30.5 Å². The number of carbonyl (C=O) groups is 2. The quantitative estimate of drug-likeness (QED) is 0.341. The Morgan fingerprint density at radius 2 is 1.77 bits per heavy atom. The van der Waals surface area contributed by atoms with Crippen molar-refractivity contribution >= 4 is 23.3 Å². The molecule has 0 aliphatic heterocycles. The van der Waals surface area contributed by atoms with E-state index >= 15 is 0 Å². The molecule has 2 aromatic carbocycles. The van der Waals surface area contributed by atoms with E-state index in [9.17, 15) is 19.7 Å². The number of hydrogen-bond acceptors (Lipinski definition) is 6. The van der Waals surface area contributed by atoms with Gasteiger partial charge in [-0.25, -0.2) is 4.79 Å². The van der Waals surface area contributed by atoms with Crippen LogP contribution in [0.15, 0.2) is 48.5 Å². The number of nitrogens with zero attached hydrogens (tertiary/aromatic N) is 2. The van der Waals surface area contributed by atoms with Gasteiger partial charge in [0.05, 0.1) is 25.2 Å². The summed E-state index contributed by atoms with van der Waals surface area (Å²) >= 11 is 0. The second-order valence-electron chi connectivity index (χ2n) is 5.17. The second-order valence-corrected chi connectivity index (χ2v) is 5.17. The van der Waals surface area contributed by atoms with E-state index in [4.69, 9.17) is 9.47 Å². The zero-order valence-electron chi connectivity index (χ0n) is 14.4. The molecule has 0 aromatic heterocycles. The van der Waals surface area contributed by atoms with Crippen molar-refractivity contribution in [1.29, 1.82) is 0 Å². The monoisotopic (exact) mass is 358 g/mol. The molecule has 2 aromatic rings. The summed E-state index contributed by atoms with van der Waals surface area (Å²) in [6, 6.07) is 12.6. The molecular formula is C18H18N2O6. The Kier molecular flexibility index (Phi) is 6.26. The van der Waals surface area contributed by atoms with Crippen molar-refractivity contribution in [2.24, 2.45) is 0 Å². The molecule has 0 heterocycles. The maximum Gasteiger partial charge on any atom is 0.397 e. The zero-order valence-corrected chi connectivity index (χ0v) is 14.4. The highest BCUT2D eigenvalue weighted by Crippen LogP contribution is 2.31. The summed E-state index contributed by atoms with van der Waals surface area (Å²) in [5.41, 5.74) is 0.298. The molecule has 0 unspecified atom stereocenters. The first-order valence-corrected chi connectivity index (χ1v) is 7.83. The summed E-state index contributed by atoms with van der Waals surface area (Å²) in [5, 5.41) is 11.3. The lowest BCUT2D eigenvalue weighted by Crippen LogP contribution is -2.37. The van der Waals surface area contributed by atoms with E-state index in [0.29, 0.717) is 11.3 Å². The molecule has 0 radical (unpaired) electrons. The molecule has 0 N–H and O–H groups in total. The number of rotatable bonds is 6. The van der Waals surface area contributed by atoms with E-state index in [0.717, 1.165) is 4.90 Å². The molecule has 1 amide bonds. The molecule has 8 nitrogen and oxygen atoms in total. The summed E-state index contributed by atoms with van der Waals surface area (Å²) in [6.45, 7) is 1.50. The number of carbonyl (C=O) groups excluding carboxylic acids is 2. The summed E-state index contributed by atoms with van der Waals surface area (Å²) < 4.78 is 10.0. The fourth-order valence-electron chi connectivity index (χ4n) is 2.42. The van der Waals surface area contributed by atoms with Gasteiger partial charge in [0.1, 0.15) is 11.4 Å². The van der Waals surface area contributed by atoms with Crippen LogP contribution in [0, 0.1) is 10.1 Å². The molecule has 8 heteroatoms. The molecule has 2 rings (SSSR count). The summed E-state index contributed by atoms with van der Waals surface area (Å²) in [6.07, 6.45) is 0. The lowest BCUT2D eigenvalue weighted by Gasteiger charge is -2.22. The van der Waals surface area contributed by atoms with Crippen LogP contribution in [0.25, 0.3) is 0 Å². The standard InChI is InChI=1S/C18H18N2O6/c1-3-26-18(22)17(21)19(12-13-8-4-7-11-16(13)25-2)14-9-5-6-10-15(14)20(23)24/h4-11H,3,12H2,1-2H3. The maximum atomic E-state index is 12.6. The van der Waals surface area contributed by atoms with Gasteiger partial charge < -0.3 is 9.47 Å². The van der Waals surface area contributed by atoms with E-state index in [2.05, 4.69) is 0 Å². The maximum absolute atomic E-state index is 12.6. The largest absolute Gasteiger partial charge is 0.496 e. The van der Waals surface area contributed by atoms with E-state index in [1.54, 1.807) is 37.3 Å². The Balaban J connectivity index is 2.51. The van der Waals surface area contributed by atoms with Crippen LogP contribution in [0.4, 0.5) is 11.4 Å². The van der Waals surface area contributed by atoms with Crippen LogP contribution >= 0.6 is 0 Å². The van der Waals surface area contributed by atoms with E-state index < -0.39 is 16.8 Å². The minimum atomic E-state index is -1.08. The van der Waals surface area contributed by atoms with Crippen LogP contribution in [0.3, 0.4) is 0 Å². The van der Waals surface area contributed by atoms with Crippen LogP contribution in [0.2, 0.25) is 0 Å². The smallest absolute Gasteiger partial charge is 0.397 e. The molecule has 0 atom stereocenters. The number of nitro benzene ring substituents is 1. The Morgan fingerprint density at radius 1 is 1.12 bits per heavy atom. The number of ether oxygens (including phenoxy) is 2. The van der Waals surface area contributed by atoms with Crippen LogP contribution < -0.4 is 9.64 Å². The lowest BCUT2D eigenvalue weighted by molar-refractivity contribution is -0.384. The molecule has 0 bridgehead atoms. The average Bonchev–Trinajstić information content (AvgIpc) is 2.66. The summed E-state index contributed by atoms with van der Waals surface area (Å²) in [5.74, 6) is -1.58. The van der Waals surface area contributed by atoms with Crippen molar-refractivity contribution in [1.82, 2.24) is 0 Å². The number of anilines is 1. The van der Waals surface area contributed by atoms with Gasteiger partial charge in [-0.15, -0.1) is 0 Å². The van der Waals surface area contributed by atoms with Gasteiger partial charge >= 0.3 is 11.9 Å². The lowest BCUT2D eigenvalue weighted by atomic mass is 10.1. The second kappa shape index (κ2) is 8.61. The first-order chi connectivity index (χ1) is 12.5. The van der Waals surface area contributed by atoms with Gasteiger partial charge in [-0.05, 0) is 19.1 Å². The van der Waals surface area contributed by atoms with Crippen molar-refractivity contribution in [3.05, 3.63) is 64.2 Å². The van der Waals surface area contributed by atoms with Crippen LogP contribution in [0.1, 0.15) is 12.5 Å². The fraction of sp³-hybridized carbons (Fsp3) is 0.222. The first kappa shape index (κ1) is 18.9. The number of methoxy groups -OCH3 is 1. The van der Waals surface area contributed by atoms with Gasteiger partial charge in [-0.2, -0.15) is 0 Å². The Morgan fingerprint density at radius 3 is 2.42 bits per heavy atom. The Hall–Kier alpha value is -3.42. The molecule has 0 aliphatic rings. The van der Waals surface area contributed by atoms with Crippen molar-refractivity contribution in [3.63, 3.8) is 0 Å². The molecule has 0 saturated heterocycles. The highest BCUT2D eigenvalue weighted by atomic mass is 16.6. The van der Waals surface area contributed by atoms with Gasteiger partial charge in [-0.1, -0.05) is 30.3 Å². The van der Waals surface area contributed by atoms with Crippen molar-refractivity contribution in [2.75, 3.05) is 18.6 Å². The predicted octanol–water partition coefficient (Wildman–Crippen LogP) is 2.70. The summed E-state index contributed by atoms with van der Waals surface area (Å²) in [7, 11) is 1.47. The van der Waals surface area contributed by atoms with E-state index in [1.807, 2.05) is 0 Å². The molecule has 26 heavy (non-hydrogen) atoms. The molecule has 0 aliphatic carbocycles. The molecule has 0 fully saturated rings. The molecule has 136 valence electrons. The summed E-state index contributed by atoms with van der Waals surface area (Å²) in [4.78, 5) is 36.3. The van der Waals surface area contributed by atoms with Crippen molar-refractivity contribution in [2.45, 2.75) is 13.5 Å². The molecular weight excluding hydrogens is 340 g/mol. The molecule has 0 saturated carbocycles. The third-order valence-corrected chi connectivity index (χ3v) is 3.59. The fourth-order valence-corrected chi connectivity index (χ4v) is 2.42. The van der Waals surface area contributed by atoms with Crippen molar-refractivity contribution < 1.29 is 24.0 Å². The normalized spacial score (nSPS) is 10.1. The number of hydrogen-bond donors (Lipinski definition) is 0. The Bertz CT molecular complexity index is 821. The third-order valence-electron chi connectivity index (χ3n) is 3.59. The minimum Gasteiger partial charge on any atom is -0.496 e. The minimum absolute atomic E-state index is 0.00135. The number of esters is 1. The SMILES string of the molecule is CCOC(=O)C(=O)N(Cc1ccccc1OC)c1ccccc1[N+](=O)[O-]. The first-order valence-electron chi connectivity index (χ1n) is 7.83. The predicted molar refractivity (Wildman–Crippen MR) is 93.9 cm³/mol. The van der Waals surface area contributed by atoms with Gasteiger partial charge in [0.25, 0.3) is 5.69 Å². The van der Waals surface area contributed by atoms with Gasteiger partial charge in [0, 0.05) is 11.6 Å². The van der Waals surface area contributed by atoms with E-state index in [1.165, 1.54) is 25.3 Å². The number of amides is 1. The topological polar surface area (TPSA) is 99.0 Å². The third kappa shape index (κ3) is 4.15. The Labute approximate surface area is 150 Å². The van der Waals surface area contributed by atoms with Crippen molar-refractivity contribution in [3.8, 4) is 5.75 Å². The van der Waals surface area contributed by atoms with Crippen LogP contribution in [-0.2, 0) is 20.9 Å². The van der Waals surface area contributed by atoms with Gasteiger partial charge in [-0.3, -0.25) is 19.8 Å². The van der Waals surface area contributed by atoms with E-state index in [-0.39, 0.29) is 24.5 Å². The zero-order chi connectivity index (χ0) is 19.1. The number of nitro groups is 1. The van der Waals surface area contributed by atoms with Gasteiger partial charge in [0.15, 0.2) is 0 Å². The van der Waals surface area contributed by atoms with Crippen LogP contribution in [0.5, 0.6) is 5.75 Å². The molecule has 0 spiro atoms. The number of para-hydroxylation sites is 3.